The van der Waals surface area contributed by atoms with E-state index in [0.29, 0.717) is 38.5 Å². The van der Waals surface area contributed by atoms with Crippen molar-refractivity contribution in [2.45, 2.75) is 13.0 Å². The summed E-state index contributed by atoms with van der Waals surface area (Å²) in [7, 11) is 0. The van der Waals surface area contributed by atoms with Crippen LogP contribution in [0.4, 0.5) is 0 Å². The maximum absolute atomic E-state index is 13.1. The molecule has 0 saturated carbocycles. The Morgan fingerprint density at radius 2 is 1.28 bits per heavy atom. The highest BCUT2D eigenvalue weighted by Gasteiger charge is 2.30. The number of carbonyl (C=O) groups is 2. The van der Waals surface area contributed by atoms with Gasteiger partial charge in [-0.3, -0.25) is 19.4 Å². The topological polar surface area (TPSA) is 60.2 Å². The lowest BCUT2D eigenvalue weighted by molar-refractivity contribution is -0.134. The van der Waals surface area contributed by atoms with Crippen LogP contribution in [0.25, 0.3) is 0 Å². The molecule has 0 N–H and O–H groups in total. The zero-order valence-electron chi connectivity index (χ0n) is 20.9. The van der Waals surface area contributed by atoms with E-state index < -0.39 is 0 Å². The van der Waals surface area contributed by atoms with E-state index in [9.17, 15) is 9.59 Å². The third-order valence-corrected chi connectivity index (χ3v) is 7.23. The minimum absolute atomic E-state index is 0.0726. The molecule has 2 saturated heterocycles. The second kappa shape index (κ2) is 11.1. The Bertz CT molecular complexity index is 1110. The number of piperazine rings is 2. The van der Waals surface area contributed by atoms with Gasteiger partial charge >= 0.3 is 0 Å². The molecule has 0 unspecified atom stereocenters. The van der Waals surface area contributed by atoms with Gasteiger partial charge in [-0.25, -0.2) is 0 Å². The molecule has 0 bridgehead atoms. The molecule has 0 spiro atoms. The zero-order valence-corrected chi connectivity index (χ0v) is 20.9. The molecular formula is C29H34N4O3. The molecule has 2 aliphatic heterocycles. The summed E-state index contributed by atoms with van der Waals surface area (Å²) in [4.78, 5) is 34.1. The van der Waals surface area contributed by atoms with E-state index in [4.69, 9.17) is 4.42 Å². The molecule has 2 fully saturated rings. The lowest BCUT2D eigenvalue weighted by Gasteiger charge is -2.41. The van der Waals surface area contributed by atoms with Gasteiger partial charge in [0.15, 0.2) is 5.76 Å². The van der Waals surface area contributed by atoms with Crippen molar-refractivity contribution in [1.29, 1.82) is 0 Å². The van der Waals surface area contributed by atoms with Crippen LogP contribution in [-0.4, -0.2) is 90.3 Å². The largest absolute Gasteiger partial charge is 0.456 e. The average Bonchev–Trinajstić information content (AvgIpc) is 3.37. The molecule has 0 radical (unpaired) electrons. The van der Waals surface area contributed by atoms with Gasteiger partial charge in [0.2, 0.25) is 5.91 Å². The number of hydrogen-bond donors (Lipinski definition) is 0. The molecule has 7 nitrogen and oxygen atoms in total. The van der Waals surface area contributed by atoms with E-state index in [-0.39, 0.29) is 17.9 Å². The Labute approximate surface area is 212 Å². The Morgan fingerprint density at radius 1 is 0.722 bits per heavy atom. The summed E-state index contributed by atoms with van der Waals surface area (Å²) < 4.78 is 5.48. The maximum atomic E-state index is 13.1. The molecule has 5 rings (SSSR count). The van der Waals surface area contributed by atoms with Crippen molar-refractivity contribution in [3.8, 4) is 0 Å². The predicted octanol–water partition coefficient (Wildman–Crippen LogP) is 3.28. The van der Waals surface area contributed by atoms with E-state index >= 15 is 0 Å². The quantitative estimate of drug-likeness (QED) is 0.535. The van der Waals surface area contributed by atoms with Crippen LogP contribution in [0.5, 0.6) is 0 Å². The fourth-order valence-corrected chi connectivity index (χ4v) is 5.22. The molecule has 2 aliphatic rings. The summed E-state index contributed by atoms with van der Waals surface area (Å²) in [6, 6.07) is 24.9. The van der Waals surface area contributed by atoms with Crippen molar-refractivity contribution >= 4 is 11.8 Å². The molecule has 3 aromatic rings. The van der Waals surface area contributed by atoms with E-state index in [1.165, 1.54) is 11.1 Å². The fourth-order valence-electron chi connectivity index (χ4n) is 5.22. The molecule has 0 atom stereocenters. The molecule has 36 heavy (non-hydrogen) atoms. The monoisotopic (exact) mass is 486 g/mol. The molecule has 2 aromatic carbocycles. The van der Waals surface area contributed by atoms with Crippen molar-refractivity contribution in [2.75, 3.05) is 58.9 Å². The van der Waals surface area contributed by atoms with Crippen LogP contribution < -0.4 is 0 Å². The van der Waals surface area contributed by atoms with Crippen LogP contribution >= 0.6 is 0 Å². The second-order valence-electron chi connectivity index (χ2n) is 9.62. The first-order valence-electron chi connectivity index (χ1n) is 12.8. The molecular weight excluding hydrogens is 452 g/mol. The molecule has 7 heteroatoms. The maximum Gasteiger partial charge on any atom is 0.289 e. The van der Waals surface area contributed by atoms with Gasteiger partial charge in [0.1, 0.15) is 5.76 Å². The van der Waals surface area contributed by atoms with Gasteiger partial charge in [0.05, 0.1) is 12.6 Å². The molecule has 0 aliphatic carbocycles. The van der Waals surface area contributed by atoms with Crippen LogP contribution in [0.1, 0.15) is 33.5 Å². The van der Waals surface area contributed by atoms with Crippen LogP contribution in [0, 0.1) is 6.92 Å². The number of furan rings is 1. The SMILES string of the molecule is Cc1ccc(C(=O)N2CCN(CC(=O)N3CCN(C(c4ccccc4)c4ccccc4)CC3)CC2)o1. The van der Waals surface area contributed by atoms with Crippen molar-refractivity contribution < 1.29 is 14.0 Å². The third kappa shape index (κ3) is 5.53. The van der Waals surface area contributed by atoms with E-state index in [1.807, 2.05) is 22.8 Å². The van der Waals surface area contributed by atoms with Gasteiger partial charge < -0.3 is 14.2 Å². The Morgan fingerprint density at radius 3 is 1.81 bits per heavy atom. The minimum atomic E-state index is -0.0726. The summed E-state index contributed by atoms with van der Waals surface area (Å²) in [5.74, 6) is 1.23. The number of hydrogen-bond acceptors (Lipinski definition) is 5. The number of aryl methyl sites for hydroxylation is 1. The van der Waals surface area contributed by atoms with Gasteiger partial charge in [-0.2, -0.15) is 0 Å². The van der Waals surface area contributed by atoms with Crippen LogP contribution in [0.3, 0.4) is 0 Å². The highest BCUT2D eigenvalue weighted by Crippen LogP contribution is 2.29. The summed E-state index contributed by atoms with van der Waals surface area (Å²) in [5, 5.41) is 0. The number of nitrogens with zero attached hydrogens (tertiary/aromatic N) is 4. The first-order valence-corrected chi connectivity index (χ1v) is 12.8. The van der Waals surface area contributed by atoms with Gasteiger partial charge in [-0.15, -0.1) is 0 Å². The number of carbonyl (C=O) groups excluding carboxylic acids is 2. The summed E-state index contributed by atoms with van der Waals surface area (Å²) in [6.45, 7) is 7.98. The molecule has 188 valence electrons. The third-order valence-electron chi connectivity index (χ3n) is 7.23. The lowest BCUT2D eigenvalue weighted by Crippen LogP contribution is -2.54. The molecule has 2 amide bonds. The van der Waals surface area contributed by atoms with Crippen LogP contribution in [-0.2, 0) is 4.79 Å². The highest BCUT2D eigenvalue weighted by atomic mass is 16.3. The minimum Gasteiger partial charge on any atom is -0.456 e. The normalized spacial score (nSPS) is 17.5. The van der Waals surface area contributed by atoms with Gasteiger partial charge in [-0.05, 0) is 30.2 Å². The smallest absolute Gasteiger partial charge is 0.289 e. The first-order chi connectivity index (χ1) is 17.6. The average molecular weight is 487 g/mol. The van der Waals surface area contributed by atoms with Crippen molar-refractivity contribution in [1.82, 2.24) is 19.6 Å². The van der Waals surface area contributed by atoms with E-state index in [0.717, 1.165) is 31.9 Å². The van der Waals surface area contributed by atoms with Gasteiger partial charge in [0.25, 0.3) is 5.91 Å². The predicted molar refractivity (Wildman–Crippen MR) is 139 cm³/mol. The van der Waals surface area contributed by atoms with Crippen LogP contribution in [0.2, 0.25) is 0 Å². The van der Waals surface area contributed by atoms with Crippen molar-refractivity contribution in [3.05, 3.63) is 95.4 Å². The van der Waals surface area contributed by atoms with Crippen molar-refractivity contribution in [3.63, 3.8) is 0 Å². The first kappa shape index (κ1) is 24.3. The second-order valence-corrected chi connectivity index (χ2v) is 9.62. The summed E-state index contributed by atoms with van der Waals surface area (Å²) >= 11 is 0. The van der Waals surface area contributed by atoms with E-state index in [2.05, 4.69) is 70.5 Å². The van der Waals surface area contributed by atoms with Gasteiger partial charge in [-0.1, -0.05) is 60.7 Å². The van der Waals surface area contributed by atoms with Crippen LogP contribution in [0.15, 0.2) is 77.2 Å². The Balaban J connectivity index is 1.13. The van der Waals surface area contributed by atoms with Gasteiger partial charge in [0, 0.05) is 52.4 Å². The molecule has 1 aromatic heterocycles. The van der Waals surface area contributed by atoms with Crippen molar-refractivity contribution in [2.24, 2.45) is 0 Å². The fraction of sp³-hybridized carbons (Fsp3) is 0.379. The summed E-state index contributed by atoms with van der Waals surface area (Å²) in [6.07, 6.45) is 0. The Kier molecular flexibility index (Phi) is 7.49. The Hall–Kier alpha value is -3.42. The zero-order chi connectivity index (χ0) is 24.9. The summed E-state index contributed by atoms with van der Waals surface area (Å²) in [5.41, 5.74) is 2.56. The number of rotatable bonds is 6. The number of amides is 2. The standard InChI is InChI=1S/C29H34N4O3/c1-23-12-13-26(36-23)29(35)33-16-14-30(15-17-33)22-27(34)31-18-20-32(21-19-31)28(24-8-4-2-5-9-24)25-10-6-3-7-11-25/h2-13,28H,14-22H2,1H3. The van der Waals surface area contributed by atoms with E-state index in [1.54, 1.807) is 6.07 Å². The number of benzene rings is 2. The highest BCUT2D eigenvalue weighted by molar-refractivity contribution is 5.91. The lowest BCUT2D eigenvalue weighted by atomic mass is 9.96. The molecule has 3 heterocycles.